The van der Waals surface area contributed by atoms with E-state index in [0.29, 0.717) is 6.54 Å². The summed E-state index contributed by atoms with van der Waals surface area (Å²) >= 11 is 0. The molecule has 2 N–H and O–H groups in total. The van der Waals surface area contributed by atoms with E-state index in [1.807, 2.05) is 25.3 Å². The fraction of sp³-hybridized carbons (Fsp3) is 0.643. The Labute approximate surface area is 110 Å². The van der Waals surface area contributed by atoms with Crippen molar-refractivity contribution in [3.8, 4) is 0 Å². The lowest BCUT2D eigenvalue weighted by atomic mass is 10.2. The largest absolute Gasteiger partial charge is 0.377 e. The van der Waals surface area contributed by atoms with Gasteiger partial charge in [0, 0.05) is 44.6 Å². The highest BCUT2D eigenvalue weighted by Gasteiger charge is 2.07. The second kappa shape index (κ2) is 9.03. The van der Waals surface area contributed by atoms with Gasteiger partial charge in [0.05, 0.1) is 6.10 Å². The number of likely N-dealkylation sites (N-methyl/N-ethyl adjacent to an activating group) is 1. The van der Waals surface area contributed by atoms with E-state index in [1.54, 1.807) is 0 Å². The molecule has 1 aromatic rings. The summed E-state index contributed by atoms with van der Waals surface area (Å²) in [4.78, 5) is 6.62. The van der Waals surface area contributed by atoms with E-state index in [9.17, 15) is 0 Å². The van der Waals surface area contributed by atoms with Crippen LogP contribution in [0, 0.1) is 0 Å². The summed E-state index contributed by atoms with van der Waals surface area (Å²) in [6, 6.07) is 6.04. The molecule has 0 fully saturated rings. The van der Waals surface area contributed by atoms with Gasteiger partial charge in [-0.2, -0.15) is 0 Å². The van der Waals surface area contributed by atoms with Crippen molar-refractivity contribution < 1.29 is 4.74 Å². The van der Waals surface area contributed by atoms with Gasteiger partial charge in [0.25, 0.3) is 0 Å². The summed E-state index contributed by atoms with van der Waals surface area (Å²) in [6.45, 7) is 5.37. The van der Waals surface area contributed by atoms with Gasteiger partial charge in [-0.1, -0.05) is 6.07 Å². The van der Waals surface area contributed by atoms with Gasteiger partial charge in [-0.15, -0.1) is 0 Å². The lowest BCUT2D eigenvalue weighted by Crippen LogP contribution is -2.30. The van der Waals surface area contributed by atoms with Crippen LogP contribution in [0.5, 0.6) is 0 Å². The van der Waals surface area contributed by atoms with Crippen LogP contribution in [-0.2, 0) is 11.2 Å². The Bertz CT molecular complexity index is 305. The van der Waals surface area contributed by atoms with Crippen molar-refractivity contribution in [1.82, 2.24) is 9.88 Å². The fourth-order valence-corrected chi connectivity index (χ4v) is 1.83. The second-order valence-corrected chi connectivity index (χ2v) is 4.48. The molecular weight excluding hydrogens is 226 g/mol. The van der Waals surface area contributed by atoms with Gasteiger partial charge in [-0.05, 0) is 32.5 Å². The van der Waals surface area contributed by atoms with Gasteiger partial charge in [0.15, 0.2) is 0 Å². The highest BCUT2D eigenvalue weighted by Crippen LogP contribution is 2.01. The van der Waals surface area contributed by atoms with Gasteiger partial charge in [-0.25, -0.2) is 0 Å². The minimum atomic E-state index is 0.187. The Balaban J connectivity index is 2.19. The first kappa shape index (κ1) is 15.1. The maximum atomic E-state index is 5.66. The molecule has 0 saturated heterocycles. The highest BCUT2D eigenvalue weighted by atomic mass is 16.5. The Hall–Kier alpha value is -0.970. The molecule has 0 radical (unpaired) electrons. The third-order valence-corrected chi connectivity index (χ3v) is 2.97. The Morgan fingerprint density at radius 1 is 1.39 bits per heavy atom. The molecule has 0 spiro atoms. The van der Waals surface area contributed by atoms with Crippen LogP contribution in [0.4, 0.5) is 0 Å². The molecule has 0 aromatic carbocycles. The van der Waals surface area contributed by atoms with Gasteiger partial charge >= 0.3 is 0 Å². The van der Waals surface area contributed by atoms with E-state index >= 15 is 0 Å². The van der Waals surface area contributed by atoms with E-state index in [4.69, 9.17) is 10.5 Å². The first-order valence-electron chi connectivity index (χ1n) is 6.66. The van der Waals surface area contributed by atoms with E-state index in [0.717, 1.165) is 38.2 Å². The van der Waals surface area contributed by atoms with Crippen molar-refractivity contribution >= 4 is 0 Å². The quantitative estimate of drug-likeness (QED) is 0.719. The van der Waals surface area contributed by atoms with Crippen LogP contribution in [0.2, 0.25) is 0 Å². The fourth-order valence-electron chi connectivity index (χ4n) is 1.83. The average molecular weight is 251 g/mol. The Morgan fingerprint density at radius 3 is 2.83 bits per heavy atom. The molecule has 1 unspecified atom stereocenters. The number of rotatable bonds is 9. The van der Waals surface area contributed by atoms with Gasteiger partial charge < -0.3 is 15.4 Å². The Kier molecular flexibility index (Phi) is 7.57. The van der Waals surface area contributed by atoms with Gasteiger partial charge in [0.2, 0.25) is 0 Å². The number of nitrogens with two attached hydrogens (primary N) is 1. The molecule has 18 heavy (non-hydrogen) atoms. The second-order valence-electron chi connectivity index (χ2n) is 4.48. The molecule has 102 valence electrons. The minimum absolute atomic E-state index is 0.187. The molecule has 1 atom stereocenters. The summed E-state index contributed by atoms with van der Waals surface area (Å²) in [5.74, 6) is 0. The zero-order valence-electron chi connectivity index (χ0n) is 11.5. The summed E-state index contributed by atoms with van der Waals surface area (Å²) in [5, 5.41) is 0. The predicted molar refractivity (Wildman–Crippen MR) is 74.5 cm³/mol. The number of aromatic nitrogens is 1. The standard InChI is InChI=1S/C14H25N3O/c1-3-18-14(12-15)8-11-17(2)10-7-13-6-4-5-9-16-13/h4-6,9,14H,3,7-8,10-12,15H2,1-2H3. The first-order valence-corrected chi connectivity index (χ1v) is 6.66. The van der Waals surface area contributed by atoms with Crippen molar-refractivity contribution in [2.45, 2.75) is 25.9 Å². The normalized spacial score (nSPS) is 12.9. The zero-order chi connectivity index (χ0) is 13.2. The topological polar surface area (TPSA) is 51.4 Å². The molecule has 0 aliphatic rings. The summed E-state index contributed by atoms with van der Waals surface area (Å²) in [6.07, 6.45) is 4.00. The molecule has 0 bridgehead atoms. The molecule has 4 nitrogen and oxygen atoms in total. The van der Waals surface area contributed by atoms with Gasteiger partial charge in [-0.3, -0.25) is 4.98 Å². The van der Waals surface area contributed by atoms with Crippen LogP contribution >= 0.6 is 0 Å². The number of pyridine rings is 1. The summed E-state index contributed by atoms with van der Waals surface area (Å²) < 4.78 is 5.54. The maximum absolute atomic E-state index is 5.66. The van der Waals surface area contributed by atoms with Crippen molar-refractivity contribution in [3.05, 3.63) is 30.1 Å². The first-order chi connectivity index (χ1) is 8.76. The number of hydrogen-bond acceptors (Lipinski definition) is 4. The van der Waals surface area contributed by atoms with Crippen molar-refractivity contribution in [2.24, 2.45) is 5.73 Å². The maximum Gasteiger partial charge on any atom is 0.0709 e. The monoisotopic (exact) mass is 251 g/mol. The van der Waals surface area contributed by atoms with Gasteiger partial charge in [0.1, 0.15) is 0 Å². The number of ether oxygens (including phenoxy) is 1. The van der Waals surface area contributed by atoms with Crippen molar-refractivity contribution in [3.63, 3.8) is 0 Å². The molecule has 4 heteroatoms. The SMILES string of the molecule is CCOC(CN)CCN(C)CCc1ccccn1. The molecule has 0 amide bonds. The van der Waals surface area contributed by atoms with Crippen molar-refractivity contribution in [1.29, 1.82) is 0 Å². The summed E-state index contributed by atoms with van der Waals surface area (Å²) in [7, 11) is 2.13. The lowest BCUT2D eigenvalue weighted by molar-refractivity contribution is 0.0564. The van der Waals surface area contributed by atoms with Crippen LogP contribution in [0.25, 0.3) is 0 Å². The number of hydrogen-bond donors (Lipinski definition) is 1. The third-order valence-electron chi connectivity index (χ3n) is 2.97. The minimum Gasteiger partial charge on any atom is -0.377 e. The van der Waals surface area contributed by atoms with Crippen LogP contribution in [0.3, 0.4) is 0 Å². The molecule has 1 aromatic heterocycles. The summed E-state index contributed by atoms with van der Waals surface area (Å²) in [5.41, 5.74) is 6.80. The number of nitrogens with zero attached hydrogens (tertiary/aromatic N) is 2. The predicted octanol–water partition coefficient (Wildman–Crippen LogP) is 1.31. The molecule has 0 saturated carbocycles. The van der Waals surface area contributed by atoms with E-state index < -0.39 is 0 Å². The Morgan fingerprint density at radius 2 is 2.22 bits per heavy atom. The van der Waals surface area contributed by atoms with E-state index in [1.165, 1.54) is 0 Å². The third kappa shape index (κ3) is 6.10. The zero-order valence-corrected chi connectivity index (χ0v) is 11.5. The van der Waals surface area contributed by atoms with Crippen LogP contribution < -0.4 is 5.73 Å². The van der Waals surface area contributed by atoms with E-state index in [2.05, 4.69) is 23.0 Å². The van der Waals surface area contributed by atoms with E-state index in [-0.39, 0.29) is 6.10 Å². The van der Waals surface area contributed by atoms with Crippen molar-refractivity contribution in [2.75, 3.05) is 33.3 Å². The molecule has 1 rings (SSSR count). The molecular formula is C14H25N3O. The van der Waals surface area contributed by atoms with Crippen LogP contribution in [0.1, 0.15) is 19.0 Å². The smallest absolute Gasteiger partial charge is 0.0709 e. The average Bonchev–Trinajstić information content (AvgIpc) is 2.42. The van der Waals surface area contributed by atoms with Crippen LogP contribution in [0.15, 0.2) is 24.4 Å². The van der Waals surface area contributed by atoms with Crippen LogP contribution in [-0.4, -0.2) is 49.3 Å². The molecule has 0 aliphatic carbocycles. The molecule has 0 aliphatic heterocycles. The highest BCUT2D eigenvalue weighted by molar-refractivity contribution is 5.03. The molecule has 1 heterocycles. The lowest BCUT2D eigenvalue weighted by Gasteiger charge is -2.20.